The molecule has 3 rings (SSSR count). The third kappa shape index (κ3) is 4.49. The van der Waals surface area contributed by atoms with Crippen molar-refractivity contribution in [2.75, 3.05) is 0 Å². The van der Waals surface area contributed by atoms with E-state index >= 15 is 0 Å². The number of pyridine rings is 1. The number of rotatable bonds is 7. The monoisotopic (exact) mass is 357 g/mol. The Morgan fingerprint density at radius 2 is 2.08 bits per heavy atom. The number of thiazole rings is 1. The summed E-state index contributed by atoms with van der Waals surface area (Å²) in [5.41, 5.74) is 1.97. The van der Waals surface area contributed by atoms with Gasteiger partial charge in [-0.3, -0.25) is 9.78 Å². The molecule has 1 N–H and O–H groups in total. The highest BCUT2D eigenvalue weighted by molar-refractivity contribution is 7.10. The SMILES string of the molecule is CC(NC(=O)CCCc1cccs1)c1nc(-c2ccncc2)cs1. The molecule has 1 unspecified atom stereocenters. The zero-order valence-electron chi connectivity index (χ0n) is 13.4. The van der Waals surface area contributed by atoms with Crippen LogP contribution < -0.4 is 5.32 Å². The van der Waals surface area contributed by atoms with E-state index in [1.807, 2.05) is 30.5 Å². The highest BCUT2D eigenvalue weighted by atomic mass is 32.1. The van der Waals surface area contributed by atoms with Gasteiger partial charge in [-0.05, 0) is 43.3 Å². The quantitative estimate of drug-likeness (QED) is 0.679. The molecule has 4 nitrogen and oxygen atoms in total. The van der Waals surface area contributed by atoms with Gasteiger partial charge in [0.05, 0.1) is 11.7 Å². The highest BCUT2D eigenvalue weighted by Gasteiger charge is 2.14. The molecule has 3 heterocycles. The maximum Gasteiger partial charge on any atom is 0.220 e. The largest absolute Gasteiger partial charge is 0.347 e. The van der Waals surface area contributed by atoms with Gasteiger partial charge in [0, 0.05) is 34.6 Å². The Morgan fingerprint density at radius 3 is 2.83 bits per heavy atom. The van der Waals surface area contributed by atoms with E-state index in [1.54, 1.807) is 35.1 Å². The van der Waals surface area contributed by atoms with Gasteiger partial charge in [0.15, 0.2) is 0 Å². The summed E-state index contributed by atoms with van der Waals surface area (Å²) >= 11 is 3.31. The van der Waals surface area contributed by atoms with Crippen LogP contribution in [0, 0.1) is 0 Å². The van der Waals surface area contributed by atoms with Crippen LogP contribution in [0.5, 0.6) is 0 Å². The number of aromatic nitrogens is 2. The van der Waals surface area contributed by atoms with Crippen LogP contribution in [0.3, 0.4) is 0 Å². The molecule has 0 saturated heterocycles. The lowest BCUT2D eigenvalue weighted by Gasteiger charge is -2.11. The molecule has 1 amide bonds. The molecule has 0 fully saturated rings. The van der Waals surface area contributed by atoms with Crippen molar-refractivity contribution < 1.29 is 4.79 Å². The predicted molar refractivity (Wildman–Crippen MR) is 99.2 cm³/mol. The highest BCUT2D eigenvalue weighted by Crippen LogP contribution is 2.25. The molecule has 0 saturated carbocycles. The summed E-state index contributed by atoms with van der Waals surface area (Å²) in [5.74, 6) is 0.0831. The van der Waals surface area contributed by atoms with E-state index in [0.29, 0.717) is 6.42 Å². The Hall–Kier alpha value is -2.05. The Morgan fingerprint density at radius 1 is 1.25 bits per heavy atom. The summed E-state index contributed by atoms with van der Waals surface area (Å²) in [5, 5.41) is 8.05. The number of carbonyl (C=O) groups excluding carboxylic acids is 1. The van der Waals surface area contributed by atoms with Crippen LogP contribution in [0.4, 0.5) is 0 Å². The number of nitrogens with zero attached hydrogens (tertiary/aromatic N) is 2. The van der Waals surface area contributed by atoms with Crippen molar-refractivity contribution >= 4 is 28.6 Å². The first-order chi connectivity index (χ1) is 11.7. The first kappa shape index (κ1) is 16.8. The number of amides is 1. The average Bonchev–Trinajstić information content (AvgIpc) is 3.27. The summed E-state index contributed by atoms with van der Waals surface area (Å²) in [4.78, 5) is 22.1. The van der Waals surface area contributed by atoms with Gasteiger partial charge in [-0.1, -0.05) is 6.07 Å². The van der Waals surface area contributed by atoms with Crippen LogP contribution in [0.25, 0.3) is 11.3 Å². The zero-order chi connectivity index (χ0) is 16.8. The lowest BCUT2D eigenvalue weighted by atomic mass is 10.2. The fraction of sp³-hybridized carbons (Fsp3) is 0.278. The van der Waals surface area contributed by atoms with E-state index in [4.69, 9.17) is 0 Å². The minimum Gasteiger partial charge on any atom is -0.347 e. The van der Waals surface area contributed by atoms with Crippen LogP contribution in [0.2, 0.25) is 0 Å². The van der Waals surface area contributed by atoms with E-state index in [2.05, 4.69) is 26.7 Å². The van der Waals surface area contributed by atoms with Gasteiger partial charge in [0.2, 0.25) is 5.91 Å². The third-order valence-corrected chi connectivity index (χ3v) is 5.62. The predicted octanol–water partition coefficient (Wildman–Crippen LogP) is 4.47. The number of thiophene rings is 1. The molecule has 124 valence electrons. The fourth-order valence-corrected chi connectivity index (χ4v) is 3.98. The van der Waals surface area contributed by atoms with Crippen molar-refractivity contribution in [3.63, 3.8) is 0 Å². The topological polar surface area (TPSA) is 54.9 Å². The van der Waals surface area contributed by atoms with Crippen molar-refractivity contribution in [2.24, 2.45) is 0 Å². The molecule has 0 spiro atoms. The maximum atomic E-state index is 12.1. The normalized spacial score (nSPS) is 12.0. The minimum atomic E-state index is -0.0696. The van der Waals surface area contributed by atoms with Crippen LogP contribution >= 0.6 is 22.7 Å². The first-order valence-corrected chi connectivity index (χ1v) is 9.66. The van der Waals surface area contributed by atoms with E-state index in [1.165, 1.54) is 4.88 Å². The molecule has 3 aromatic heterocycles. The standard InChI is InChI=1S/C18H19N3OS2/c1-13(20-17(22)6-2-4-15-5-3-11-23-15)18-21-16(12-24-18)14-7-9-19-10-8-14/h3,5,7-13H,2,4,6H2,1H3,(H,20,22). The number of nitrogens with one attached hydrogen (secondary N) is 1. The molecular weight excluding hydrogens is 338 g/mol. The van der Waals surface area contributed by atoms with Crippen LogP contribution in [-0.2, 0) is 11.2 Å². The molecule has 0 bridgehead atoms. The van der Waals surface area contributed by atoms with E-state index < -0.39 is 0 Å². The summed E-state index contributed by atoms with van der Waals surface area (Å²) in [6, 6.07) is 7.96. The van der Waals surface area contributed by atoms with Crippen LogP contribution in [0.1, 0.15) is 35.7 Å². The average molecular weight is 358 g/mol. The maximum absolute atomic E-state index is 12.1. The smallest absolute Gasteiger partial charge is 0.220 e. The second-order valence-corrected chi connectivity index (χ2v) is 7.45. The molecule has 0 aliphatic rings. The van der Waals surface area contributed by atoms with Crippen molar-refractivity contribution in [1.82, 2.24) is 15.3 Å². The second kappa shape index (κ2) is 8.17. The summed E-state index contributed by atoms with van der Waals surface area (Å²) in [7, 11) is 0. The molecule has 0 aromatic carbocycles. The van der Waals surface area contributed by atoms with E-state index in [0.717, 1.165) is 29.1 Å². The van der Waals surface area contributed by atoms with E-state index in [-0.39, 0.29) is 11.9 Å². The van der Waals surface area contributed by atoms with Crippen molar-refractivity contribution in [3.05, 3.63) is 57.3 Å². The molecule has 0 aliphatic heterocycles. The third-order valence-electron chi connectivity index (χ3n) is 3.65. The Bertz CT molecular complexity index is 769. The lowest BCUT2D eigenvalue weighted by molar-refractivity contribution is -0.121. The Balaban J connectivity index is 1.50. The summed E-state index contributed by atoms with van der Waals surface area (Å²) < 4.78 is 0. The van der Waals surface area contributed by atoms with Gasteiger partial charge in [0.1, 0.15) is 5.01 Å². The molecule has 6 heteroatoms. The van der Waals surface area contributed by atoms with Gasteiger partial charge >= 0.3 is 0 Å². The number of hydrogen-bond acceptors (Lipinski definition) is 5. The molecule has 1 atom stereocenters. The van der Waals surface area contributed by atoms with Gasteiger partial charge in [-0.2, -0.15) is 0 Å². The second-order valence-electron chi connectivity index (χ2n) is 5.53. The first-order valence-electron chi connectivity index (χ1n) is 7.90. The summed E-state index contributed by atoms with van der Waals surface area (Å²) in [6.07, 6.45) is 5.90. The van der Waals surface area contributed by atoms with Gasteiger partial charge in [-0.15, -0.1) is 22.7 Å². The molecule has 0 radical (unpaired) electrons. The van der Waals surface area contributed by atoms with Crippen LogP contribution in [-0.4, -0.2) is 15.9 Å². The molecular formula is C18H19N3OS2. The minimum absolute atomic E-state index is 0.0696. The zero-order valence-corrected chi connectivity index (χ0v) is 15.1. The molecule has 0 aliphatic carbocycles. The lowest BCUT2D eigenvalue weighted by Crippen LogP contribution is -2.26. The van der Waals surface area contributed by atoms with Crippen molar-refractivity contribution in [3.8, 4) is 11.3 Å². The Labute approximate surface area is 149 Å². The van der Waals surface area contributed by atoms with Gasteiger partial charge in [0.25, 0.3) is 0 Å². The number of aryl methyl sites for hydroxylation is 1. The van der Waals surface area contributed by atoms with Crippen molar-refractivity contribution in [1.29, 1.82) is 0 Å². The van der Waals surface area contributed by atoms with Gasteiger partial charge < -0.3 is 5.32 Å². The van der Waals surface area contributed by atoms with Crippen LogP contribution in [0.15, 0.2) is 47.4 Å². The summed E-state index contributed by atoms with van der Waals surface area (Å²) in [6.45, 7) is 1.98. The number of hydrogen-bond donors (Lipinski definition) is 1. The van der Waals surface area contributed by atoms with Crippen molar-refractivity contribution in [2.45, 2.75) is 32.2 Å². The van der Waals surface area contributed by atoms with Gasteiger partial charge in [-0.25, -0.2) is 4.98 Å². The fourth-order valence-electron chi connectivity index (χ4n) is 2.40. The Kier molecular flexibility index (Phi) is 5.72. The molecule has 24 heavy (non-hydrogen) atoms. The molecule has 3 aromatic rings. The number of carbonyl (C=O) groups is 1. The van der Waals surface area contributed by atoms with E-state index in [9.17, 15) is 4.79 Å².